The molecule has 1 saturated heterocycles. The molecule has 136 valence electrons. The van der Waals surface area contributed by atoms with Gasteiger partial charge < -0.3 is 5.32 Å². The van der Waals surface area contributed by atoms with Crippen molar-refractivity contribution >= 4 is 16.9 Å². The van der Waals surface area contributed by atoms with Gasteiger partial charge in [-0.25, -0.2) is 9.67 Å². The first-order chi connectivity index (χ1) is 12.0. The van der Waals surface area contributed by atoms with Crippen LogP contribution in [0.1, 0.15) is 62.1 Å². The predicted octanol–water partition coefficient (Wildman–Crippen LogP) is 2.92. The fourth-order valence-electron chi connectivity index (χ4n) is 3.61. The molecular weight excluding hydrogens is 314 g/mol. The number of rotatable bonds is 5. The Bertz CT molecular complexity index is 752. The number of nitrogens with zero attached hydrogens (tertiary/aromatic N) is 4. The van der Waals surface area contributed by atoms with Crippen LogP contribution in [0.5, 0.6) is 0 Å². The van der Waals surface area contributed by atoms with E-state index in [0.29, 0.717) is 18.2 Å². The molecule has 1 amide bonds. The first-order valence-corrected chi connectivity index (χ1v) is 9.34. The van der Waals surface area contributed by atoms with E-state index in [-0.39, 0.29) is 11.9 Å². The molecule has 2 aromatic rings. The topological polar surface area (TPSA) is 63.1 Å². The van der Waals surface area contributed by atoms with Crippen molar-refractivity contribution in [1.82, 2.24) is 25.0 Å². The van der Waals surface area contributed by atoms with E-state index in [0.717, 1.165) is 29.8 Å². The fourth-order valence-corrected chi connectivity index (χ4v) is 3.61. The fraction of sp³-hybridized carbons (Fsp3) is 0.632. The number of likely N-dealkylation sites (tertiary alicyclic amines) is 1. The third-order valence-electron chi connectivity index (χ3n) is 5.05. The monoisotopic (exact) mass is 343 g/mol. The van der Waals surface area contributed by atoms with E-state index in [2.05, 4.69) is 41.1 Å². The highest BCUT2D eigenvalue weighted by atomic mass is 16.1. The minimum absolute atomic E-state index is 0.0385. The van der Waals surface area contributed by atoms with Crippen LogP contribution < -0.4 is 5.32 Å². The molecule has 0 aliphatic carbocycles. The van der Waals surface area contributed by atoms with Gasteiger partial charge in [0, 0.05) is 30.9 Å². The maximum Gasteiger partial charge on any atom is 0.252 e. The smallest absolute Gasteiger partial charge is 0.252 e. The van der Waals surface area contributed by atoms with Crippen molar-refractivity contribution in [3.8, 4) is 0 Å². The number of nitrogens with one attached hydrogen (secondary N) is 1. The summed E-state index contributed by atoms with van der Waals surface area (Å²) >= 11 is 0. The highest BCUT2D eigenvalue weighted by molar-refractivity contribution is 6.05. The van der Waals surface area contributed by atoms with Crippen molar-refractivity contribution in [3.05, 3.63) is 23.5 Å². The zero-order valence-corrected chi connectivity index (χ0v) is 15.7. The zero-order valence-electron chi connectivity index (χ0n) is 15.7. The summed E-state index contributed by atoms with van der Waals surface area (Å²) in [6.07, 6.45) is 5.59. The van der Waals surface area contributed by atoms with Gasteiger partial charge in [-0.15, -0.1) is 0 Å². The summed E-state index contributed by atoms with van der Waals surface area (Å²) in [5, 5.41) is 8.31. The molecule has 0 radical (unpaired) electrons. The number of aromatic nitrogens is 3. The van der Waals surface area contributed by atoms with Gasteiger partial charge >= 0.3 is 0 Å². The van der Waals surface area contributed by atoms with Gasteiger partial charge in [0.1, 0.15) is 0 Å². The van der Waals surface area contributed by atoms with Crippen LogP contribution in [-0.2, 0) is 0 Å². The van der Waals surface area contributed by atoms with Crippen LogP contribution in [0.2, 0.25) is 0 Å². The second kappa shape index (κ2) is 7.52. The molecule has 0 saturated carbocycles. The number of carbonyl (C=O) groups excluding carboxylic acids is 1. The summed E-state index contributed by atoms with van der Waals surface area (Å²) in [6.45, 7) is 11.0. The number of hydrogen-bond donors (Lipinski definition) is 1. The zero-order chi connectivity index (χ0) is 18.0. The second-order valence-corrected chi connectivity index (χ2v) is 7.37. The molecule has 1 N–H and O–H groups in total. The lowest BCUT2D eigenvalue weighted by Crippen LogP contribution is -2.42. The Morgan fingerprint density at radius 2 is 2.20 bits per heavy atom. The van der Waals surface area contributed by atoms with E-state index in [1.54, 1.807) is 6.20 Å². The summed E-state index contributed by atoms with van der Waals surface area (Å²) in [5.41, 5.74) is 2.29. The molecule has 1 aliphatic heterocycles. The summed E-state index contributed by atoms with van der Waals surface area (Å²) in [6, 6.07) is 2.68. The third-order valence-corrected chi connectivity index (χ3v) is 5.05. The van der Waals surface area contributed by atoms with Crippen LogP contribution in [0.3, 0.4) is 0 Å². The summed E-state index contributed by atoms with van der Waals surface area (Å²) in [7, 11) is 0. The van der Waals surface area contributed by atoms with Gasteiger partial charge in [0.05, 0.1) is 17.1 Å². The largest absolute Gasteiger partial charge is 0.351 e. The maximum absolute atomic E-state index is 12.7. The van der Waals surface area contributed by atoms with E-state index >= 15 is 0 Å². The van der Waals surface area contributed by atoms with Crippen LogP contribution in [-0.4, -0.2) is 51.2 Å². The van der Waals surface area contributed by atoms with Crippen molar-refractivity contribution in [1.29, 1.82) is 0 Å². The van der Waals surface area contributed by atoms with E-state index in [4.69, 9.17) is 0 Å². The summed E-state index contributed by atoms with van der Waals surface area (Å²) in [4.78, 5) is 19.8. The van der Waals surface area contributed by atoms with Crippen LogP contribution >= 0.6 is 0 Å². The average Bonchev–Trinajstić information content (AvgIpc) is 2.99. The molecule has 1 atom stereocenters. The lowest BCUT2D eigenvalue weighted by atomic mass is 10.0. The first kappa shape index (κ1) is 17.9. The molecule has 6 heteroatoms. The van der Waals surface area contributed by atoms with Gasteiger partial charge in [-0.2, -0.15) is 5.10 Å². The Balaban J connectivity index is 1.71. The number of amides is 1. The number of carbonyl (C=O) groups is 1. The van der Waals surface area contributed by atoms with Crippen molar-refractivity contribution in [2.45, 2.75) is 59.0 Å². The molecule has 1 aliphatic rings. The molecule has 6 nitrogen and oxygen atoms in total. The van der Waals surface area contributed by atoms with Crippen LogP contribution in [0.25, 0.3) is 11.0 Å². The lowest BCUT2D eigenvalue weighted by molar-refractivity contribution is 0.0940. The molecule has 0 unspecified atom stereocenters. The molecule has 2 aromatic heterocycles. The number of pyridine rings is 1. The van der Waals surface area contributed by atoms with Gasteiger partial charge in [-0.1, -0.05) is 6.42 Å². The Kier molecular flexibility index (Phi) is 5.37. The Morgan fingerprint density at radius 3 is 2.92 bits per heavy atom. The van der Waals surface area contributed by atoms with Crippen molar-refractivity contribution in [3.63, 3.8) is 0 Å². The average molecular weight is 343 g/mol. The second-order valence-electron chi connectivity index (χ2n) is 7.37. The third kappa shape index (κ3) is 3.84. The highest BCUT2D eigenvalue weighted by Crippen LogP contribution is 2.21. The minimum Gasteiger partial charge on any atom is -0.351 e. The molecule has 3 heterocycles. The molecular formula is C19H29N5O. The number of piperidine rings is 1. The quantitative estimate of drug-likeness (QED) is 0.907. The van der Waals surface area contributed by atoms with E-state index < -0.39 is 0 Å². The van der Waals surface area contributed by atoms with Crippen LogP contribution in [0.4, 0.5) is 0 Å². The predicted molar refractivity (Wildman–Crippen MR) is 99.9 cm³/mol. The van der Waals surface area contributed by atoms with E-state index in [9.17, 15) is 4.79 Å². The van der Waals surface area contributed by atoms with Gasteiger partial charge in [0.2, 0.25) is 0 Å². The van der Waals surface area contributed by atoms with Crippen LogP contribution in [0.15, 0.2) is 12.3 Å². The van der Waals surface area contributed by atoms with E-state index in [1.165, 1.54) is 19.3 Å². The SMILES string of the molecule is Cc1cc(C(=O)NCCN2CCCC[C@H]2C)c2cnn(C(C)C)c2n1. The standard InChI is InChI=1S/C19H29N5O/c1-13(2)24-18-17(12-21-24)16(11-14(3)22-18)19(25)20-8-10-23-9-6-5-7-15(23)4/h11-13,15H,5-10H2,1-4H3,(H,20,25)/t15-/m1/s1. The van der Waals surface area contributed by atoms with Crippen molar-refractivity contribution in [2.24, 2.45) is 0 Å². The van der Waals surface area contributed by atoms with Gasteiger partial charge in [0.15, 0.2) is 5.65 Å². The van der Waals surface area contributed by atoms with Crippen molar-refractivity contribution < 1.29 is 4.79 Å². The lowest BCUT2D eigenvalue weighted by Gasteiger charge is -2.33. The maximum atomic E-state index is 12.7. The van der Waals surface area contributed by atoms with Gasteiger partial charge in [-0.3, -0.25) is 9.69 Å². The number of aryl methyl sites for hydroxylation is 1. The molecule has 0 bridgehead atoms. The Morgan fingerprint density at radius 1 is 1.40 bits per heavy atom. The Hall–Kier alpha value is -1.95. The first-order valence-electron chi connectivity index (χ1n) is 9.34. The number of fused-ring (bicyclic) bond motifs is 1. The van der Waals surface area contributed by atoms with E-state index in [1.807, 2.05) is 17.7 Å². The minimum atomic E-state index is -0.0385. The summed E-state index contributed by atoms with van der Waals surface area (Å²) in [5.74, 6) is -0.0385. The highest BCUT2D eigenvalue weighted by Gasteiger charge is 2.19. The number of hydrogen-bond acceptors (Lipinski definition) is 4. The van der Waals surface area contributed by atoms with Crippen molar-refractivity contribution in [2.75, 3.05) is 19.6 Å². The van der Waals surface area contributed by atoms with Crippen LogP contribution in [0, 0.1) is 6.92 Å². The molecule has 3 rings (SSSR count). The van der Waals surface area contributed by atoms with Gasteiger partial charge in [-0.05, 0) is 53.1 Å². The van der Waals surface area contributed by atoms with Gasteiger partial charge in [0.25, 0.3) is 5.91 Å². The molecule has 0 aromatic carbocycles. The molecule has 25 heavy (non-hydrogen) atoms. The summed E-state index contributed by atoms with van der Waals surface area (Å²) < 4.78 is 1.87. The normalized spacial score (nSPS) is 18.8. The Labute approximate surface area is 149 Å². The molecule has 1 fully saturated rings. The molecule has 0 spiro atoms.